The Bertz CT molecular complexity index is 569. The topological polar surface area (TPSA) is 102 Å². The van der Waals surface area contributed by atoms with Gasteiger partial charge in [0.05, 0.1) is 25.7 Å². The van der Waals surface area contributed by atoms with E-state index in [4.69, 9.17) is 4.74 Å². The minimum absolute atomic E-state index is 0.0154. The molecule has 0 fully saturated rings. The first kappa shape index (κ1) is 16.1. The van der Waals surface area contributed by atoms with Crippen molar-refractivity contribution in [2.75, 3.05) is 24.7 Å². The van der Waals surface area contributed by atoms with Gasteiger partial charge in [0.25, 0.3) is 0 Å². The zero-order valence-electron chi connectivity index (χ0n) is 11.3. The lowest BCUT2D eigenvalue weighted by Crippen LogP contribution is -2.17. The summed E-state index contributed by atoms with van der Waals surface area (Å²) in [4.78, 5) is 10.9. The molecule has 1 aromatic rings. The molecule has 0 unspecified atom stereocenters. The molecular formula is C12H17NO6S. The number of methoxy groups -OCH3 is 2. The molecule has 1 aromatic carbocycles. The predicted octanol–water partition coefficient (Wildman–Crippen LogP) is 1.10. The number of carbonyl (C=O) groups is 1. The zero-order valence-corrected chi connectivity index (χ0v) is 12.1. The molecule has 0 atom stereocenters. The molecule has 0 bridgehead atoms. The highest BCUT2D eigenvalue weighted by molar-refractivity contribution is 7.92. The third-order valence-electron chi connectivity index (χ3n) is 2.49. The van der Waals surface area contributed by atoms with Crippen LogP contribution in [0, 0.1) is 0 Å². The molecule has 0 aliphatic carbocycles. The molecule has 7 nitrogen and oxygen atoms in total. The van der Waals surface area contributed by atoms with Crippen LogP contribution in [0.5, 0.6) is 11.5 Å². The minimum atomic E-state index is -3.66. The first-order chi connectivity index (χ1) is 9.38. The molecule has 20 heavy (non-hydrogen) atoms. The summed E-state index contributed by atoms with van der Waals surface area (Å²) in [7, 11) is -0.988. The maximum absolute atomic E-state index is 11.8. The molecule has 0 saturated heterocycles. The Hall–Kier alpha value is -1.96. The predicted molar refractivity (Wildman–Crippen MR) is 73.3 cm³/mol. The summed E-state index contributed by atoms with van der Waals surface area (Å²) in [5.41, 5.74) is 0.0300. The first-order valence-electron chi connectivity index (χ1n) is 5.82. The van der Waals surface area contributed by atoms with Crippen molar-refractivity contribution >= 4 is 21.7 Å². The van der Waals surface area contributed by atoms with Gasteiger partial charge in [-0.25, -0.2) is 8.42 Å². The third kappa shape index (κ3) is 4.96. The number of phenolic OH excluding ortho intramolecular Hbond substituents is 1. The van der Waals surface area contributed by atoms with Crippen molar-refractivity contribution < 1.29 is 27.8 Å². The number of hydrogen-bond donors (Lipinski definition) is 2. The average molecular weight is 303 g/mol. The monoisotopic (exact) mass is 303 g/mol. The van der Waals surface area contributed by atoms with Crippen molar-refractivity contribution in [2.45, 2.75) is 12.8 Å². The van der Waals surface area contributed by atoms with E-state index in [1.165, 1.54) is 32.4 Å². The Balaban J connectivity index is 2.68. The highest BCUT2D eigenvalue weighted by Gasteiger charge is 2.14. The van der Waals surface area contributed by atoms with E-state index >= 15 is 0 Å². The molecule has 8 heteroatoms. The number of nitrogens with one attached hydrogen (secondary N) is 1. The van der Waals surface area contributed by atoms with E-state index in [9.17, 15) is 18.3 Å². The molecule has 0 spiro atoms. The zero-order chi connectivity index (χ0) is 15.2. The van der Waals surface area contributed by atoms with Crippen LogP contribution in [0.3, 0.4) is 0 Å². The van der Waals surface area contributed by atoms with Gasteiger partial charge in [-0.1, -0.05) is 0 Å². The summed E-state index contributed by atoms with van der Waals surface area (Å²) in [5, 5.41) is 9.59. The minimum Gasteiger partial charge on any atom is -0.506 e. The van der Waals surface area contributed by atoms with Crippen LogP contribution in [0.25, 0.3) is 0 Å². The Morgan fingerprint density at radius 2 is 2.05 bits per heavy atom. The first-order valence-corrected chi connectivity index (χ1v) is 7.47. The summed E-state index contributed by atoms with van der Waals surface area (Å²) in [6.45, 7) is 0. The van der Waals surface area contributed by atoms with Crippen LogP contribution >= 0.6 is 0 Å². The fourth-order valence-electron chi connectivity index (χ4n) is 1.45. The van der Waals surface area contributed by atoms with Gasteiger partial charge in [0.1, 0.15) is 11.5 Å². The van der Waals surface area contributed by atoms with E-state index in [1.54, 1.807) is 0 Å². The SMILES string of the molecule is COC(=O)CCCS(=O)(=O)Nc1cc(OC)ccc1O. The summed E-state index contributed by atoms with van der Waals surface area (Å²) < 4.78 is 35.2. The van der Waals surface area contributed by atoms with Crippen LogP contribution in [-0.2, 0) is 19.6 Å². The number of benzene rings is 1. The molecule has 1 rings (SSSR count). The molecule has 0 aliphatic heterocycles. The normalized spacial score (nSPS) is 10.9. The van der Waals surface area contributed by atoms with Crippen molar-refractivity contribution in [3.8, 4) is 11.5 Å². The highest BCUT2D eigenvalue weighted by atomic mass is 32.2. The molecule has 0 radical (unpaired) electrons. The van der Waals surface area contributed by atoms with E-state index < -0.39 is 16.0 Å². The molecule has 0 saturated carbocycles. The van der Waals surface area contributed by atoms with Crippen molar-refractivity contribution in [2.24, 2.45) is 0 Å². The summed E-state index contributed by atoms with van der Waals surface area (Å²) in [5.74, 6) is -0.513. The fraction of sp³-hybridized carbons (Fsp3) is 0.417. The maximum Gasteiger partial charge on any atom is 0.305 e. The Labute approximate surface area is 117 Å². The average Bonchev–Trinajstić information content (AvgIpc) is 2.40. The largest absolute Gasteiger partial charge is 0.506 e. The van der Waals surface area contributed by atoms with Crippen LogP contribution in [-0.4, -0.2) is 39.5 Å². The highest BCUT2D eigenvalue weighted by Crippen LogP contribution is 2.28. The van der Waals surface area contributed by atoms with Gasteiger partial charge in [-0.15, -0.1) is 0 Å². The van der Waals surface area contributed by atoms with E-state index in [0.29, 0.717) is 5.75 Å². The molecule has 0 amide bonds. The standard InChI is InChI=1S/C12H17NO6S/c1-18-9-5-6-11(14)10(8-9)13-20(16,17)7-3-4-12(15)19-2/h5-6,8,13-14H,3-4,7H2,1-2H3. The van der Waals surface area contributed by atoms with E-state index in [2.05, 4.69) is 9.46 Å². The van der Waals surface area contributed by atoms with Gasteiger partial charge in [-0.05, 0) is 18.6 Å². The van der Waals surface area contributed by atoms with Gasteiger partial charge in [-0.3, -0.25) is 9.52 Å². The van der Waals surface area contributed by atoms with Crippen LogP contribution in [0.1, 0.15) is 12.8 Å². The Morgan fingerprint density at radius 1 is 1.35 bits per heavy atom. The Morgan fingerprint density at radius 3 is 2.65 bits per heavy atom. The second kappa shape index (κ2) is 6.99. The number of phenols is 1. The molecule has 0 heterocycles. The second-order valence-electron chi connectivity index (χ2n) is 3.98. The number of aromatic hydroxyl groups is 1. The van der Waals surface area contributed by atoms with Crippen molar-refractivity contribution in [1.82, 2.24) is 0 Å². The number of carbonyl (C=O) groups excluding carboxylic acids is 1. The number of anilines is 1. The quantitative estimate of drug-likeness (QED) is 0.577. The fourth-order valence-corrected chi connectivity index (χ4v) is 2.58. The lowest BCUT2D eigenvalue weighted by molar-refractivity contribution is -0.140. The van der Waals surface area contributed by atoms with Crippen molar-refractivity contribution in [3.63, 3.8) is 0 Å². The molecule has 0 aromatic heterocycles. The van der Waals surface area contributed by atoms with Gasteiger partial charge in [0.2, 0.25) is 10.0 Å². The number of esters is 1. The van der Waals surface area contributed by atoms with Gasteiger partial charge in [-0.2, -0.15) is 0 Å². The van der Waals surface area contributed by atoms with Crippen LogP contribution in [0.2, 0.25) is 0 Å². The lowest BCUT2D eigenvalue weighted by Gasteiger charge is -2.10. The van der Waals surface area contributed by atoms with E-state index in [-0.39, 0.29) is 30.0 Å². The lowest BCUT2D eigenvalue weighted by atomic mass is 10.3. The summed E-state index contributed by atoms with van der Waals surface area (Å²) in [6.07, 6.45) is 0.147. The van der Waals surface area contributed by atoms with Crippen LogP contribution in [0.15, 0.2) is 18.2 Å². The number of hydrogen-bond acceptors (Lipinski definition) is 6. The van der Waals surface area contributed by atoms with Gasteiger partial charge in [0, 0.05) is 12.5 Å². The molecule has 112 valence electrons. The second-order valence-corrected chi connectivity index (χ2v) is 5.83. The number of sulfonamides is 1. The van der Waals surface area contributed by atoms with Crippen LogP contribution < -0.4 is 9.46 Å². The van der Waals surface area contributed by atoms with E-state index in [0.717, 1.165) is 0 Å². The number of rotatable bonds is 7. The smallest absolute Gasteiger partial charge is 0.305 e. The molecule has 0 aliphatic rings. The number of ether oxygens (including phenoxy) is 2. The summed E-state index contributed by atoms with van der Waals surface area (Å²) in [6, 6.07) is 4.20. The van der Waals surface area contributed by atoms with Crippen molar-refractivity contribution in [1.29, 1.82) is 0 Å². The van der Waals surface area contributed by atoms with Gasteiger partial charge >= 0.3 is 5.97 Å². The van der Waals surface area contributed by atoms with Crippen LogP contribution in [0.4, 0.5) is 5.69 Å². The molecular weight excluding hydrogens is 286 g/mol. The summed E-state index contributed by atoms with van der Waals surface area (Å²) >= 11 is 0. The maximum atomic E-state index is 11.8. The van der Waals surface area contributed by atoms with Crippen molar-refractivity contribution in [3.05, 3.63) is 18.2 Å². The van der Waals surface area contributed by atoms with E-state index in [1.807, 2.05) is 0 Å². The van der Waals surface area contributed by atoms with Gasteiger partial charge < -0.3 is 14.6 Å². The van der Waals surface area contributed by atoms with Gasteiger partial charge in [0.15, 0.2) is 0 Å². The molecule has 2 N–H and O–H groups in total. The third-order valence-corrected chi connectivity index (χ3v) is 3.85. The Kier molecular flexibility index (Phi) is 5.63.